The first-order chi connectivity index (χ1) is 7.77. The molecule has 0 aliphatic carbocycles. The molecule has 2 nitrogen and oxygen atoms in total. The Balaban J connectivity index is 2.36. The number of aliphatic hydroxyl groups is 1. The Kier molecular flexibility index (Phi) is 2.37. The molecule has 2 aromatic rings. The Bertz CT molecular complexity index is 551. The van der Waals surface area contributed by atoms with Crippen LogP contribution < -0.4 is 4.74 Å². The predicted molar refractivity (Wildman–Crippen MR) is 66.7 cm³/mol. The second-order valence-electron chi connectivity index (χ2n) is 3.98. The summed E-state index contributed by atoms with van der Waals surface area (Å²) in [5, 5.41) is 12.2. The standard InChI is InChI=1S/C13H11BrO2/c14-12-9-4-2-1-3-8(9)7-10-11(15)5-6-16-13(10)12/h1-4,7,11,15H,5-6H2. The summed E-state index contributed by atoms with van der Waals surface area (Å²) in [5.74, 6) is 0.789. The molecule has 1 aliphatic rings. The fourth-order valence-electron chi connectivity index (χ4n) is 2.13. The molecule has 3 heteroatoms. The molecule has 0 bridgehead atoms. The van der Waals surface area contributed by atoms with Gasteiger partial charge >= 0.3 is 0 Å². The molecule has 82 valence electrons. The van der Waals surface area contributed by atoms with Gasteiger partial charge in [-0.05, 0) is 32.8 Å². The Morgan fingerprint density at radius 1 is 1.31 bits per heavy atom. The van der Waals surface area contributed by atoms with E-state index in [4.69, 9.17) is 4.74 Å². The van der Waals surface area contributed by atoms with Crippen molar-refractivity contribution < 1.29 is 9.84 Å². The molecule has 0 amide bonds. The minimum atomic E-state index is -0.412. The monoisotopic (exact) mass is 278 g/mol. The van der Waals surface area contributed by atoms with Crippen LogP contribution in [-0.4, -0.2) is 11.7 Å². The van der Waals surface area contributed by atoms with Crippen molar-refractivity contribution in [1.29, 1.82) is 0 Å². The number of benzene rings is 2. The van der Waals surface area contributed by atoms with Crippen LogP contribution in [0.2, 0.25) is 0 Å². The Morgan fingerprint density at radius 2 is 2.12 bits per heavy atom. The van der Waals surface area contributed by atoms with Crippen LogP contribution >= 0.6 is 15.9 Å². The Labute approximate surface area is 102 Å². The van der Waals surface area contributed by atoms with E-state index in [0.717, 1.165) is 26.6 Å². The van der Waals surface area contributed by atoms with E-state index in [1.54, 1.807) is 0 Å². The van der Waals surface area contributed by atoms with Crippen molar-refractivity contribution in [1.82, 2.24) is 0 Å². The van der Waals surface area contributed by atoms with Crippen LogP contribution in [0, 0.1) is 0 Å². The number of halogens is 1. The quantitative estimate of drug-likeness (QED) is 0.800. The zero-order valence-electron chi connectivity index (χ0n) is 8.61. The molecule has 2 aromatic carbocycles. The van der Waals surface area contributed by atoms with Gasteiger partial charge in [0, 0.05) is 12.0 Å². The second-order valence-corrected chi connectivity index (χ2v) is 4.78. The van der Waals surface area contributed by atoms with E-state index in [-0.39, 0.29) is 0 Å². The van der Waals surface area contributed by atoms with Gasteiger partial charge in [0.05, 0.1) is 17.2 Å². The third-order valence-electron chi connectivity index (χ3n) is 2.97. The summed E-state index contributed by atoms with van der Waals surface area (Å²) >= 11 is 3.56. The molecule has 0 aromatic heterocycles. The van der Waals surface area contributed by atoms with Crippen molar-refractivity contribution in [2.75, 3.05) is 6.61 Å². The highest BCUT2D eigenvalue weighted by Gasteiger charge is 2.22. The van der Waals surface area contributed by atoms with Gasteiger partial charge in [-0.15, -0.1) is 0 Å². The summed E-state index contributed by atoms with van der Waals surface area (Å²) in [5.41, 5.74) is 0.886. The van der Waals surface area contributed by atoms with E-state index in [9.17, 15) is 5.11 Å². The van der Waals surface area contributed by atoms with Gasteiger partial charge in [0.1, 0.15) is 5.75 Å². The first kappa shape index (κ1) is 10.1. The van der Waals surface area contributed by atoms with Gasteiger partial charge in [-0.3, -0.25) is 0 Å². The lowest BCUT2D eigenvalue weighted by Gasteiger charge is -2.24. The predicted octanol–water partition coefficient (Wildman–Crippen LogP) is 3.42. The molecular weight excluding hydrogens is 268 g/mol. The second kappa shape index (κ2) is 3.75. The average Bonchev–Trinajstić information content (AvgIpc) is 2.31. The minimum Gasteiger partial charge on any atom is -0.492 e. The number of rotatable bonds is 0. The van der Waals surface area contributed by atoms with Crippen molar-refractivity contribution in [2.45, 2.75) is 12.5 Å². The van der Waals surface area contributed by atoms with Gasteiger partial charge in [0.25, 0.3) is 0 Å². The molecular formula is C13H11BrO2. The van der Waals surface area contributed by atoms with Crippen LogP contribution in [-0.2, 0) is 0 Å². The number of aliphatic hydroxyl groups excluding tert-OH is 1. The van der Waals surface area contributed by atoms with Crippen LogP contribution in [0.5, 0.6) is 5.75 Å². The van der Waals surface area contributed by atoms with Crippen molar-refractivity contribution in [3.63, 3.8) is 0 Å². The first-order valence-corrected chi connectivity index (χ1v) is 6.08. The number of hydrogen-bond acceptors (Lipinski definition) is 2. The highest BCUT2D eigenvalue weighted by molar-refractivity contribution is 9.10. The fraction of sp³-hybridized carbons (Fsp3) is 0.231. The van der Waals surface area contributed by atoms with E-state index in [2.05, 4.69) is 15.9 Å². The van der Waals surface area contributed by atoms with Crippen LogP contribution in [0.15, 0.2) is 34.8 Å². The first-order valence-electron chi connectivity index (χ1n) is 5.29. The van der Waals surface area contributed by atoms with E-state index in [1.165, 1.54) is 0 Å². The Hall–Kier alpha value is -1.06. The van der Waals surface area contributed by atoms with E-state index < -0.39 is 6.10 Å². The van der Waals surface area contributed by atoms with Gasteiger partial charge < -0.3 is 9.84 Å². The summed E-state index contributed by atoms with van der Waals surface area (Å²) in [6, 6.07) is 10.1. The van der Waals surface area contributed by atoms with Gasteiger partial charge in [-0.25, -0.2) is 0 Å². The summed E-state index contributed by atoms with van der Waals surface area (Å²) in [4.78, 5) is 0. The normalized spacial score (nSPS) is 19.2. The number of fused-ring (bicyclic) bond motifs is 2. The van der Waals surface area contributed by atoms with Crippen LogP contribution in [0.3, 0.4) is 0 Å². The molecule has 0 radical (unpaired) electrons. The molecule has 0 spiro atoms. The molecule has 1 aliphatic heterocycles. The maximum Gasteiger partial charge on any atom is 0.139 e. The number of ether oxygens (including phenoxy) is 1. The SMILES string of the molecule is OC1CCOc2c1cc1ccccc1c2Br. The zero-order chi connectivity index (χ0) is 11.1. The maximum atomic E-state index is 9.94. The zero-order valence-corrected chi connectivity index (χ0v) is 10.2. The number of hydrogen-bond donors (Lipinski definition) is 1. The molecule has 1 N–H and O–H groups in total. The van der Waals surface area contributed by atoms with Crippen molar-refractivity contribution in [2.24, 2.45) is 0 Å². The third kappa shape index (κ3) is 1.43. The van der Waals surface area contributed by atoms with Crippen LogP contribution in [0.25, 0.3) is 10.8 Å². The highest BCUT2D eigenvalue weighted by atomic mass is 79.9. The van der Waals surface area contributed by atoms with Gasteiger partial charge in [-0.2, -0.15) is 0 Å². The third-order valence-corrected chi connectivity index (χ3v) is 3.75. The van der Waals surface area contributed by atoms with Crippen LogP contribution in [0.4, 0.5) is 0 Å². The van der Waals surface area contributed by atoms with Crippen molar-refractivity contribution in [3.8, 4) is 5.75 Å². The van der Waals surface area contributed by atoms with Crippen LogP contribution in [0.1, 0.15) is 18.1 Å². The topological polar surface area (TPSA) is 29.5 Å². The van der Waals surface area contributed by atoms with Gasteiger partial charge in [0.15, 0.2) is 0 Å². The minimum absolute atomic E-state index is 0.412. The average molecular weight is 279 g/mol. The molecule has 0 fully saturated rings. The van der Waals surface area contributed by atoms with E-state index >= 15 is 0 Å². The smallest absolute Gasteiger partial charge is 0.139 e. The van der Waals surface area contributed by atoms with E-state index in [0.29, 0.717) is 13.0 Å². The largest absolute Gasteiger partial charge is 0.492 e. The van der Waals surface area contributed by atoms with Gasteiger partial charge in [-0.1, -0.05) is 24.3 Å². The lowest BCUT2D eigenvalue weighted by atomic mass is 9.99. The van der Waals surface area contributed by atoms with Crippen molar-refractivity contribution >= 4 is 26.7 Å². The molecule has 1 atom stereocenters. The van der Waals surface area contributed by atoms with E-state index in [1.807, 2.05) is 30.3 Å². The highest BCUT2D eigenvalue weighted by Crippen LogP contribution is 2.42. The summed E-state index contributed by atoms with van der Waals surface area (Å²) in [6.07, 6.45) is 0.252. The molecule has 1 heterocycles. The molecule has 3 rings (SSSR count). The molecule has 0 saturated carbocycles. The van der Waals surface area contributed by atoms with Crippen molar-refractivity contribution in [3.05, 3.63) is 40.4 Å². The summed E-state index contributed by atoms with van der Waals surface area (Å²) < 4.78 is 6.57. The molecule has 1 unspecified atom stereocenters. The summed E-state index contributed by atoms with van der Waals surface area (Å²) in [7, 11) is 0. The lowest BCUT2D eigenvalue weighted by molar-refractivity contribution is 0.115. The lowest BCUT2D eigenvalue weighted by Crippen LogP contribution is -2.14. The fourth-order valence-corrected chi connectivity index (χ4v) is 2.83. The summed E-state index contributed by atoms with van der Waals surface area (Å²) in [6.45, 7) is 0.575. The molecule has 0 saturated heterocycles. The van der Waals surface area contributed by atoms with Gasteiger partial charge in [0.2, 0.25) is 0 Å². The molecule has 16 heavy (non-hydrogen) atoms. The Morgan fingerprint density at radius 3 is 3.00 bits per heavy atom. The maximum absolute atomic E-state index is 9.94.